The van der Waals surface area contributed by atoms with Gasteiger partial charge in [-0.05, 0) is 35.7 Å². The Morgan fingerprint density at radius 3 is 2.35 bits per heavy atom. The molecular formula is C25H34N2O7. The molecule has 0 spiro atoms. The van der Waals surface area contributed by atoms with Gasteiger partial charge >= 0.3 is 0 Å². The third-order valence-electron chi connectivity index (χ3n) is 8.96. The van der Waals surface area contributed by atoms with Crippen molar-refractivity contribution in [3.63, 3.8) is 0 Å². The summed E-state index contributed by atoms with van der Waals surface area (Å²) in [5.74, 6) is -6.99. The van der Waals surface area contributed by atoms with Crippen LogP contribution < -0.4 is 11.5 Å². The van der Waals surface area contributed by atoms with Crippen molar-refractivity contribution < 1.29 is 34.8 Å². The third kappa shape index (κ3) is 2.84. The zero-order chi connectivity index (χ0) is 25.5. The smallest absolute Gasteiger partial charge is 0.230 e. The molecule has 186 valence electrons. The number of ketones is 2. The summed E-state index contributed by atoms with van der Waals surface area (Å²) in [5, 5.41) is 45.4. The first-order valence-corrected chi connectivity index (χ1v) is 11.7. The van der Waals surface area contributed by atoms with Crippen molar-refractivity contribution in [2.75, 3.05) is 0 Å². The van der Waals surface area contributed by atoms with Crippen molar-refractivity contribution in [2.45, 2.75) is 64.9 Å². The molecule has 0 saturated heterocycles. The lowest BCUT2D eigenvalue weighted by atomic mass is 9.39. The van der Waals surface area contributed by atoms with Crippen molar-refractivity contribution in [2.24, 2.45) is 46.0 Å². The number of Topliss-reactive ketones (excluding diaryl/α,β-unsaturated/α-hetero) is 2. The summed E-state index contributed by atoms with van der Waals surface area (Å²) in [6.45, 7) is 7.07. The average molecular weight is 475 g/mol. The number of aromatic hydroxyl groups is 1. The monoisotopic (exact) mass is 474 g/mol. The molecular weight excluding hydrogens is 440 g/mol. The lowest BCUT2D eigenvalue weighted by molar-refractivity contribution is -0.265. The summed E-state index contributed by atoms with van der Waals surface area (Å²) in [6.07, 6.45) is -2.89. The fraction of sp³-hybridized carbons (Fsp3) is 0.640. The van der Waals surface area contributed by atoms with Gasteiger partial charge in [0.15, 0.2) is 17.2 Å². The van der Waals surface area contributed by atoms with Crippen LogP contribution in [0.4, 0.5) is 0 Å². The van der Waals surface area contributed by atoms with Crippen LogP contribution in [0.2, 0.25) is 0 Å². The van der Waals surface area contributed by atoms with E-state index in [0.29, 0.717) is 17.5 Å². The number of phenols is 1. The summed E-state index contributed by atoms with van der Waals surface area (Å²) < 4.78 is 0. The summed E-state index contributed by atoms with van der Waals surface area (Å²) in [4.78, 5) is 39.5. The number of primary amides is 1. The Morgan fingerprint density at radius 2 is 1.82 bits per heavy atom. The van der Waals surface area contributed by atoms with Gasteiger partial charge in [0.25, 0.3) is 0 Å². The molecule has 3 aliphatic rings. The number of aliphatic hydroxyl groups is 3. The molecule has 34 heavy (non-hydrogen) atoms. The van der Waals surface area contributed by atoms with Crippen LogP contribution >= 0.6 is 0 Å². The Bertz CT molecular complexity index is 1090. The zero-order valence-corrected chi connectivity index (χ0v) is 19.9. The molecule has 8 N–H and O–H groups in total. The standard InChI is InChI=1S/C25H34N2O7/c1-10(2)15-19(30)14(22(27)33)20(31)25(34)21(32)16-18(29)13-11(5-6-12(8-26)17(13)28)7-23(16,3)9-24(15,25)4/h5-6,10,14-16,19,21,28,30,32,34H,7-9,26H2,1-4H3,(H2,27,33)/t14-,15+,16-,19?,21?,23-,24-,25+/m1/s1. The Balaban J connectivity index is 1.95. The number of benzene rings is 1. The highest BCUT2D eigenvalue weighted by Crippen LogP contribution is 2.65. The van der Waals surface area contributed by atoms with Crippen molar-refractivity contribution in [1.82, 2.24) is 0 Å². The molecule has 0 radical (unpaired) electrons. The van der Waals surface area contributed by atoms with Gasteiger partial charge < -0.3 is 31.9 Å². The van der Waals surface area contributed by atoms with Crippen molar-refractivity contribution in [3.05, 3.63) is 28.8 Å². The van der Waals surface area contributed by atoms with Crippen LogP contribution in [0.25, 0.3) is 0 Å². The van der Waals surface area contributed by atoms with E-state index in [1.807, 2.05) is 20.8 Å². The van der Waals surface area contributed by atoms with Crippen LogP contribution in [-0.4, -0.2) is 55.7 Å². The molecule has 0 heterocycles. The van der Waals surface area contributed by atoms with E-state index in [4.69, 9.17) is 11.5 Å². The molecule has 1 aromatic carbocycles. The number of nitrogens with two attached hydrogens (primary N) is 2. The minimum atomic E-state index is -2.50. The highest BCUT2D eigenvalue weighted by molar-refractivity contribution is 6.09. The van der Waals surface area contributed by atoms with Gasteiger partial charge in [-0.1, -0.05) is 39.8 Å². The summed E-state index contributed by atoms with van der Waals surface area (Å²) >= 11 is 0. The molecule has 3 aliphatic carbocycles. The number of rotatable bonds is 3. The van der Waals surface area contributed by atoms with Gasteiger partial charge in [0.05, 0.1) is 17.6 Å². The Hall–Kier alpha value is -2.33. The lowest BCUT2D eigenvalue weighted by Gasteiger charge is -2.66. The second-order valence-corrected chi connectivity index (χ2v) is 11.3. The van der Waals surface area contributed by atoms with E-state index in [9.17, 15) is 34.8 Å². The second-order valence-electron chi connectivity index (χ2n) is 11.3. The Labute approximate surface area is 198 Å². The topological polar surface area (TPSA) is 184 Å². The molecule has 8 atom stereocenters. The van der Waals surface area contributed by atoms with Crippen molar-refractivity contribution >= 4 is 17.5 Å². The predicted molar refractivity (Wildman–Crippen MR) is 121 cm³/mol. The second kappa shape index (κ2) is 7.58. The molecule has 1 amide bonds. The quantitative estimate of drug-likeness (QED) is 0.331. The first-order chi connectivity index (χ1) is 15.7. The van der Waals surface area contributed by atoms with Gasteiger partial charge in [-0.2, -0.15) is 0 Å². The maximum absolute atomic E-state index is 13.8. The van der Waals surface area contributed by atoms with Crippen molar-refractivity contribution in [3.8, 4) is 5.75 Å². The molecule has 2 fully saturated rings. The SMILES string of the molecule is CC(C)[C@H]1C(O)[C@@H](C(N)=O)C(=O)[C@]2(O)C(O)[C@H]3C(=O)c4c(ccc(CN)c4O)C[C@]3(C)C[C@]12C. The number of phenolic OH excluding ortho intramolecular Hbond substituents is 1. The summed E-state index contributed by atoms with van der Waals surface area (Å²) in [7, 11) is 0. The average Bonchev–Trinajstić information content (AvgIpc) is 2.70. The normalized spacial score (nSPS) is 41.6. The molecule has 0 bridgehead atoms. The van der Waals surface area contributed by atoms with E-state index in [0.717, 1.165) is 0 Å². The first-order valence-electron chi connectivity index (χ1n) is 11.7. The van der Waals surface area contributed by atoms with Crippen LogP contribution in [0.15, 0.2) is 12.1 Å². The fourth-order valence-corrected chi connectivity index (χ4v) is 7.73. The number of carbonyl (C=O) groups is 3. The van der Waals surface area contributed by atoms with Gasteiger partial charge in [-0.3, -0.25) is 14.4 Å². The maximum Gasteiger partial charge on any atom is 0.230 e. The molecule has 1 aromatic rings. The number of fused-ring (bicyclic) bond motifs is 3. The highest BCUT2D eigenvalue weighted by atomic mass is 16.4. The van der Waals surface area contributed by atoms with Crippen LogP contribution in [0.1, 0.15) is 55.6 Å². The third-order valence-corrected chi connectivity index (χ3v) is 8.96. The largest absolute Gasteiger partial charge is 0.507 e. The first kappa shape index (κ1) is 24.8. The van der Waals surface area contributed by atoms with Gasteiger partial charge in [0.1, 0.15) is 17.8 Å². The summed E-state index contributed by atoms with van der Waals surface area (Å²) in [6, 6.07) is 3.39. The molecule has 2 saturated carbocycles. The minimum Gasteiger partial charge on any atom is -0.507 e. The van der Waals surface area contributed by atoms with Gasteiger partial charge in [-0.25, -0.2) is 0 Å². The van der Waals surface area contributed by atoms with E-state index in [-0.39, 0.29) is 30.2 Å². The van der Waals surface area contributed by atoms with Crippen LogP contribution in [0, 0.1) is 34.5 Å². The van der Waals surface area contributed by atoms with E-state index >= 15 is 0 Å². The Kier molecular flexibility index (Phi) is 5.53. The molecule has 4 rings (SSSR count). The van der Waals surface area contributed by atoms with Gasteiger partial charge in [0.2, 0.25) is 5.91 Å². The lowest BCUT2D eigenvalue weighted by Crippen LogP contribution is -2.79. The fourth-order valence-electron chi connectivity index (χ4n) is 7.73. The van der Waals surface area contributed by atoms with Crippen LogP contribution in [0.3, 0.4) is 0 Å². The van der Waals surface area contributed by atoms with E-state index < -0.39 is 63.9 Å². The maximum atomic E-state index is 13.8. The Morgan fingerprint density at radius 1 is 1.21 bits per heavy atom. The number of hydrogen-bond acceptors (Lipinski definition) is 8. The van der Waals surface area contributed by atoms with Crippen molar-refractivity contribution in [1.29, 1.82) is 0 Å². The van der Waals surface area contributed by atoms with Crippen LogP contribution in [0.5, 0.6) is 5.75 Å². The predicted octanol–water partition coefficient (Wildman–Crippen LogP) is 0.0315. The van der Waals surface area contributed by atoms with E-state index in [2.05, 4.69) is 0 Å². The van der Waals surface area contributed by atoms with Crippen LogP contribution in [-0.2, 0) is 22.6 Å². The highest BCUT2D eigenvalue weighted by Gasteiger charge is 2.75. The van der Waals surface area contributed by atoms with E-state index in [1.54, 1.807) is 19.1 Å². The van der Waals surface area contributed by atoms with E-state index in [1.165, 1.54) is 0 Å². The number of hydrogen-bond donors (Lipinski definition) is 6. The van der Waals surface area contributed by atoms with Gasteiger partial charge in [0, 0.05) is 17.5 Å². The number of amides is 1. The molecule has 0 aromatic heterocycles. The number of carbonyl (C=O) groups excluding carboxylic acids is 3. The molecule has 0 aliphatic heterocycles. The zero-order valence-electron chi connectivity index (χ0n) is 19.9. The summed E-state index contributed by atoms with van der Waals surface area (Å²) in [5.41, 5.74) is 7.39. The molecule has 2 unspecified atom stereocenters. The minimum absolute atomic E-state index is 0.00558. The number of aliphatic hydroxyl groups excluding tert-OH is 2. The van der Waals surface area contributed by atoms with Gasteiger partial charge in [-0.15, -0.1) is 0 Å². The molecule has 9 nitrogen and oxygen atoms in total. The molecule has 9 heteroatoms.